The SMILES string of the molecule is C=CCCC1=CC=C2C(=CCc3ccc(CCC=C)cc32)C1. The van der Waals surface area contributed by atoms with Gasteiger partial charge in [-0.15, -0.1) is 13.2 Å². The van der Waals surface area contributed by atoms with E-state index in [1.54, 1.807) is 0 Å². The van der Waals surface area contributed by atoms with Crippen molar-refractivity contribution in [3.63, 3.8) is 0 Å². The van der Waals surface area contributed by atoms with Gasteiger partial charge in [0.15, 0.2) is 0 Å². The first-order valence-electron chi connectivity index (χ1n) is 8.25. The standard InChI is InChI=1S/C22H24/c1-3-5-7-17-10-14-21-20(15-17)13-12-19-11-9-18(8-6-4-2)16-22(19)21/h3-4,9-11,13-14,16H,1-2,5-8,12,15H2. The normalized spacial score (nSPS) is 15.9. The first-order valence-corrected chi connectivity index (χ1v) is 8.25. The van der Waals surface area contributed by atoms with Crippen LogP contribution in [0.1, 0.15) is 42.4 Å². The molecule has 0 saturated heterocycles. The lowest BCUT2D eigenvalue weighted by Crippen LogP contribution is -2.07. The van der Waals surface area contributed by atoms with Crippen LogP contribution < -0.4 is 0 Å². The molecule has 0 spiro atoms. The van der Waals surface area contributed by atoms with Gasteiger partial charge in [-0.2, -0.15) is 0 Å². The van der Waals surface area contributed by atoms with Crippen LogP contribution in [-0.4, -0.2) is 0 Å². The number of hydrogen-bond donors (Lipinski definition) is 0. The Morgan fingerprint density at radius 2 is 1.82 bits per heavy atom. The van der Waals surface area contributed by atoms with Crippen LogP contribution in [0.4, 0.5) is 0 Å². The van der Waals surface area contributed by atoms with E-state index in [0.29, 0.717) is 0 Å². The molecule has 0 nitrogen and oxygen atoms in total. The second kappa shape index (κ2) is 6.79. The summed E-state index contributed by atoms with van der Waals surface area (Å²) in [6.07, 6.45) is 17.6. The van der Waals surface area contributed by atoms with Gasteiger partial charge in [-0.1, -0.05) is 54.2 Å². The lowest BCUT2D eigenvalue weighted by molar-refractivity contribution is 0.918. The highest BCUT2D eigenvalue weighted by molar-refractivity contribution is 5.85. The average Bonchev–Trinajstić information content (AvgIpc) is 2.57. The highest BCUT2D eigenvalue weighted by atomic mass is 14.2. The smallest absolute Gasteiger partial charge is 0.00608 e. The number of allylic oxidation sites excluding steroid dienone is 8. The molecule has 0 bridgehead atoms. The Kier molecular flexibility index (Phi) is 4.58. The zero-order valence-electron chi connectivity index (χ0n) is 13.3. The lowest BCUT2D eigenvalue weighted by Gasteiger charge is -2.25. The van der Waals surface area contributed by atoms with Crippen molar-refractivity contribution in [1.82, 2.24) is 0 Å². The summed E-state index contributed by atoms with van der Waals surface area (Å²) in [5.41, 5.74) is 8.79. The minimum atomic E-state index is 1.05. The molecule has 0 atom stereocenters. The van der Waals surface area contributed by atoms with E-state index in [1.807, 2.05) is 12.2 Å². The van der Waals surface area contributed by atoms with E-state index in [0.717, 1.165) is 38.5 Å². The van der Waals surface area contributed by atoms with Crippen LogP contribution in [0.25, 0.3) is 5.57 Å². The third-order valence-electron chi connectivity index (χ3n) is 4.59. The van der Waals surface area contributed by atoms with Crippen LogP contribution >= 0.6 is 0 Å². The molecule has 0 heteroatoms. The molecule has 112 valence electrons. The summed E-state index contributed by atoms with van der Waals surface area (Å²) >= 11 is 0. The molecule has 0 unspecified atom stereocenters. The third kappa shape index (κ3) is 3.06. The first-order chi connectivity index (χ1) is 10.8. The Morgan fingerprint density at radius 1 is 1.00 bits per heavy atom. The zero-order valence-corrected chi connectivity index (χ0v) is 13.3. The van der Waals surface area contributed by atoms with Crippen molar-refractivity contribution < 1.29 is 0 Å². The lowest BCUT2D eigenvalue weighted by atomic mass is 9.80. The average molecular weight is 288 g/mol. The third-order valence-corrected chi connectivity index (χ3v) is 4.59. The monoisotopic (exact) mass is 288 g/mol. The minimum absolute atomic E-state index is 1.05. The summed E-state index contributed by atoms with van der Waals surface area (Å²) in [7, 11) is 0. The molecule has 2 aliphatic carbocycles. The second-order valence-electron chi connectivity index (χ2n) is 6.16. The number of hydrogen-bond acceptors (Lipinski definition) is 0. The van der Waals surface area contributed by atoms with Gasteiger partial charge in [-0.05, 0) is 66.4 Å². The fraction of sp³-hybridized carbons (Fsp3) is 0.273. The number of rotatable bonds is 6. The highest BCUT2D eigenvalue weighted by Crippen LogP contribution is 2.39. The molecule has 1 aromatic carbocycles. The predicted molar refractivity (Wildman–Crippen MR) is 96.9 cm³/mol. The van der Waals surface area contributed by atoms with Gasteiger partial charge < -0.3 is 0 Å². The topological polar surface area (TPSA) is 0 Å². The Balaban J connectivity index is 1.89. The van der Waals surface area contributed by atoms with Gasteiger partial charge in [0.25, 0.3) is 0 Å². The fourth-order valence-corrected chi connectivity index (χ4v) is 3.32. The number of aryl methyl sites for hydroxylation is 1. The van der Waals surface area contributed by atoms with Gasteiger partial charge in [0.05, 0.1) is 0 Å². The summed E-state index contributed by atoms with van der Waals surface area (Å²) in [6, 6.07) is 6.97. The van der Waals surface area contributed by atoms with Gasteiger partial charge >= 0.3 is 0 Å². The molecule has 22 heavy (non-hydrogen) atoms. The summed E-state index contributed by atoms with van der Waals surface area (Å²) < 4.78 is 0. The van der Waals surface area contributed by atoms with Crippen LogP contribution in [0.5, 0.6) is 0 Å². The molecule has 0 radical (unpaired) electrons. The zero-order chi connectivity index (χ0) is 15.4. The van der Waals surface area contributed by atoms with E-state index in [9.17, 15) is 0 Å². The summed E-state index contributed by atoms with van der Waals surface area (Å²) in [6.45, 7) is 7.65. The van der Waals surface area contributed by atoms with Crippen LogP contribution in [0.15, 0.2) is 72.9 Å². The van der Waals surface area contributed by atoms with Gasteiger partial charge in [0.1, 0.15) is 0 Å². The predicted octanol–water partition coefficient (Wildman–Crippen LogP) is 5.97. The Bertz CT molecular complexity index is 680. The maximum absolute atomic E-state index is 3.83. The van der Waals surface area contributed by atoms with Gasteiger partial charge in [0, 0.05) is 0 Å². The highest BCUT2D eigenvalue weighted by Gasteiger charge is 2.20. The Morgan fingerprint density at radius 3 is 2.64 bits per heavy atom. The molecule has 1 aromatic rings. The maximum Gasteiger partial charge on any atom is -0.00608 e. The van der Waals surface area contributed by atoms with E-state index in [-0.39, 0.29) is 0 Å². The van der Waals surface area contributed by atoms with Crippen molar-refractivity contribution in [1.29, 1.82) is 0 Å². The molecule has 2 aliphatic rings. The first kappa shape index (κ1) is 14.8. The van der Waals surface area contributed by atoms with E-state index in [1.165, 1.54) is 33.4 Å². The van der Waals surface area contributed by atoms with Gasteiger partial charge in [-0.25, -0.2) is 0 Å². The van der Waals surface area contributed by atoms with Crippen LogP contribution in [0.2, 0.25) is 0 Å². The molecule has 0 heterocycles. The van der Waals surface area contributed by atoms with Crippen molar-refractivity contribution in [2.24, 2.45) is 0 Å². The maximum atomic E-state index is 3.83. The van der Waals surface area contributed by atoms with Crippen molar-refractivity contribution in [3.05, 3.63) is 89.6 Å². The molecular formula is C22H24. The Labute approximate surface area is 134 Å². The molecule has 0 saturated carbocycles. The van der Waals surface area contributed by atoms with Crippen molar-refractivity contribution >= 4 is 5.57 Å². The second-order valence-corrected chi connectivity index (χ2v) is 6.16. The molecule has 0 N–H and O–H groups in total. The largest absolute Gasteiger partial charge is 0.103 e. The van der Waals surface area contributed by atoms with Crippen molar-refractivity contribution in [3.8, 4) is 0 Å². The van der Waals surface area contributed by atoms with Crippen molar-refractivity contribution in [2.45, 2.75) is 38.5 Å². The van der Waals surface area contributed by atoms with Crippen LogP contribution in [0.3, 0.4) is 0 Å². The Hall–Kier alpha value is -2.08. The molecular weight excluding hydrogens is 264 g/mol. The summed E-state index contributed by atoms with van der Waals surface area (Å²) in [4.78, 5) is 0. The van der Waals surface area contributed by atoms with Crippen LogP contribution in [0, 0.1) is 0 Å². The van der Waals surface area contributed by atoms with Crippen LogP contribution in [-0.2, 0) is 12.8 Å². The van der Waals surface area contributed by atoms with E-state index >= 15 is 0 Å². The molecule has 3 rings (SSSR count). The molecule has 0 fully saturated rings. The molecule has 0 amide bonds. The summed E-state index contributed by atoms with van der Waals surface area (Å²) in [5, 5.41) is 0. The fourth-order valence-electron chi connectivity index (χ4n) is 3.32. The van der Waals surface area contributed by atoms with E-state index in [2.05, 4.69) is 49.6 Å². The minimum Gasteiger partial charge on any atom is -0.103 e. The van der Waals surface area contributed by atoms with E-state index in [4.69, 9.17) is 0 Å². The molecule has 0 aromatic heterocycles. The number of benzene rings is 1. The molecule has 0 aliphatic heterocycles. The number of fused-ring (bicyclic) bond motifs is 3. The quantitative estimate of drug-likeness (QED) is 0.566. The van der Waals surface area contributed by atoms with E-state index < -0.39 is 0 Å². The van der Waals surface area contributed by atoms with Crippen molar-refractivity contribution in [2.75, 3.05) is 0 Å². The summed E-state index contributed by atoms with van der Waals surface area (Å²) in [5.74, 6) is 0. The van der Waals surface area contributed by atoms with Gasteiger partial charge in [0.2, 0.25) is 0 Å². The van der Waals surface area contributed by atoms with Gasteiger partial charge in [-0.3, -0.25) is 0 Å².